The topological polar surface area (TPSA) is 79.7 Å². The number of carbonyl (C=O) groups excluding carboxylic acids is 1. The normalized spacial score (nSPS) is 15.4. The van der Waals surface area contributed by atoms with E-state index in [-0.39, 0.29) is 11.5 Å². The van der Waals surface area contributed by atoms with E-state index in [1.807, 2.05) is 16.5 Å². The number of amides is 1. The van der Waals surface area contributed by atoms with Crippen LogP contribution in [0.5, 0.6) is 0 Å². The number of carbonyl (C=O) groups is 1. The second-order valence-corrected chi connectivity index (χ2v) is 7.58. The van der Waals surface area contributed by atoms with Crippen molar-refractivity contribution in [2.45, 2.75) is 38.0 Å². The van der Waals surface area contributed by atoms with Crippen LogP contribution >= 0.6 is 0 Å². The number of fused-ring (bicyclic) bond motifs is 3. The second-order valence-electron chi connectivity index (χ2n) is 7.58. The Kier molecular flexibility index (Phi) is 5.17. The first-order chi connectivity index (χ1) is 13.6. The van der Waals surface area contributed by atoms with E-state index >= 15 is 0 Å². The monoisotopic (exact) mass is 382 g/mol. The molecule has 1 fully saturated rings. The number of aromatic amines is 1. The summed E-state index contributed by atoms with van der Waals surface area (Å²) in [5.74, 6) is 1.24. The summed E-state index contributed by atoms with van der Waals surface area (Å²) in [5, 5.41) is 0. The van der Waals surface area contributed by atoms with E-state index in [1.54, 1.807) is 31.3 Å². The lowest BCUT2D eigenvalue weighted by Crippen LogP contribution is -2.30. The van der Waals surface area contributed by atoms with E-state index in [1.165, 1.54) is 19.3 Å². The van der Waals surface area contributed by atoms with Crippen molar-refractivity contribution in [3.63, 3.8) is 0 Å². The average molecular weight is 382 g/mol. The molecule has 0 unspecified atom stereocenters. The predicted molar refractivity (Wildman–Crippen MR) is 108 cm³/mol. The van der Waals surface area contributed by atoms with Crippen molar-refractivity contribution in [1.82, 2.24) is 19.3 Å². The van der Waals surface area contributed by atoms with Gasteiger partial charge < -0.3 is 14.6 Å². The van der Waals surface area contributed by atoms with Gasteiger partial charge in [-0.3, -0.25) is 14.0 Å². The van der Waals surface area contributed by atoms with Gasteiger partial charge in [-0.05, 0) is 31.0 Å². The lowest BCUT2D eigenvalue weighted by atomic mass is 9.89. The minimum Gasteiger partial charge on any atom is -0.383 e. The van der Waals surface area contributed by atoms with Gasteiger partial charge in [-0.1, -0.05) is 19.3 Å². The molecule has 2 heterocycles. The summed E-state index contributed by atoms with van der Waals surface area (Å²) in [6, 6.07) is 5.48. The molecule has 4 rings (SSSR count). The van der Waals surface area contributed by atoms with Crippen LogP contribution in [-0.4, -0.2) is 52.5 Å². The Morgan fingerprint density at radius 1 is 1.29 bits per heavy atom. The second kappa shape index (κ2) is 7.75. The third kappa shape index (κ3) is 3.30. The smallest absolute Gasteiger partial charge is 0.274 e. The summed E-state index contributed by atoms with van der Waals surface area (Å²) < 4.78 is 7.02. The zero-order chi connectivity index (χ0) is 19.7. The quantitative estimate of drug-likeness (QED) is 0.736. The standard InChI is InChI=1S/C21H26N4O3/c1-24(10-11-28-2)21(27)15-8-9-17-16(12-15)23-20(26)18-13-22-19(25(17)18)14-6-4-3-5-7-14/h8-9,12-14H,3-7,10-11H2,1-2H3,(H,23,26). The minimum atomic E-state index is -0.181. The Labute approximate surface area is 163 Å². The molecule has 1 aliphatic rings. The van der Waals surface area contributed by atoms with Crippen molar-refractivity contribution in [3.8, 4) is 0 Å². The molecule has 7 nitrogen and oxygen atoms in total. The highest BCUT2D eigenvalue weighted by Gasteiger charge is 2.22. The van der Waals surface area contributed by atoms with E-state index < -0.39 is 0 Å². The van der Waals surface area contributed by atoms with Crippen LogP contribution in [-0.2, 0) is 4.74 Å². The molecule has 0 aliphatic heterocycles. The molecule has 7 heteroatoms. The number of methoxy groups -OCH3 is 1. The summed E-state index contributed by atoms with van der Waals surface area (Å²) in [6.07, 6.45) is 7.55. The maximum absolute atomic E-state index is 12.7. The molecule has 1 amide bonds. The first-order valence-corrected chi connectivity index (χ1v) is 9.88. The van der Waals surface area contributed by atoms with Gasteiger partial charge in [0.2, 0.25) is 0 Å². The fourth-order valence-corrected chi connectivity index (χ4v) is 4.13. The van der Waals surface area contributed by atoms with E-state index in [9.17, 15) is 9.59 Å². The van der Waals surface area contributed by atoms with Crippen LogP contribution in [0.3, 0.4) is 0 Å². The summed E-state index contributed by atoms with van der Waals surface area (Å²) in [5.41, 5.74) is 2.45. The zero-order valence-corrected chi connectivity index (χ0v) is 16.4. The third-order valence-corrected chi connectivity index (χ3v) is 5.70. The summed E-state index contributed by atoms with van der Waals surface area (Å²) in [4.78, 5) is 34.4. The first kappa shape index (κ1) is 18.7. The average Bonchev–Trinajstić information content (AvgIpc) is 3.18. The Bertz CT molecular complexity index is 1060. The molecule has 1 saturated carbocycles. The largest absolute Gasteiger partial charge is 0.383 e. The molecule has 2 aromatic heterocycles. The first-order valence-electron chi connectivity index (χ1n) is 9.88. The van der Waals surface area contributed by atoms with E-state index in [2.05, 4.69) is 9.97 Å². The Hall–Kier alpha value is -2.67. The van der Waals surface area contributed by atoms with Gasteiger partial charge >= 0.3 is 0 Å². The van der Waals surface area contributed by atoms with Crippen LogP contribution in [0.25, 0.3) is 16.6 Å². The number of hydrogen-bond donors (Lipinski definition) is 1. The Morgan fingerprint density at radius 3 is 2.82 bits per heavy atom. The number of ether oxygens (including phenoxy) is 1. The molecule has 0 radical (unpaired) electrons. The number of benzene rings is 1. The van der Waals surface area contributed by atoms with E-state index in [0.717, 1.165) is 24.2 Å². The Morgan fingerprint density at radius 2 is 2.07 bits per heavy atom. The number of nitrogens with zero attached hydrogens (tertiary/aromatic N) is 3. The van der Waals surface area contributed by atoms with Gasteiger partial charge in [-0.2, -0.15) is 0 Å². The number of rotatable bonds is 5. The van der Waals surface area contributed by atoms with Gasteiger partial charge in [-0.15, -0.1) is 0 Å². The number of H-pyrrole nitrogens is 1. The van der Waals surface area contributed by atoms with Gasteiger partial charge in [0, 0.05) is 32.2 Å². The summed E-state index contributed by atoms with van der Waals surface area (Å²) >= 11 is 0. The van der Waals surface area contributed by atoms with Gasteiger partial charge in [-0.25, -0.2) is 4.98 Å². The van der Waals surface area contributed by atoms with Gasteiger partial charge in [0.15, 0.2) is 0 Å². The molecule has 28 heavy (non-hydrogen) atoms. The third-order valence-electron chi connectivity index (χ3n) is 5.70. The van der Waals surface area contributed by atoms with Crippen LogP contribution in [0.15, 0.2) is 29.2 Å². The van der Waals surface area contributed by atoms with Crippen LogP contribution in [0.4, 0.5) is 0 Å². The number of aromatic nitrogens is 3. The maximum Gasteiger partial charge on any atom is 0.274 e. The number of imidazole rings is 1. The van der Waals surface area contributed by atoms with Gasteiger partial charge in [0.05, 0.1) is 23.8 Å². The lowest BCUT2D eigenvalue weighted by Gasteiger charge is -2.21. The molecular formula is C21H26N4O3. The van der Waals surface area contributed by atoms with Crippen LogP contribution < -0.4 is 5.56 Å². The molecule has 3 aromatic rings. The number of hydrogen-bond acceptors (Lipinski definition) is 4. The molecule has 0 atom stereocenters. The van der Waals surface area contributed by atoms with Crippen LogP contribution in [0.2, 0.25) is 0 Å². The van der Waals surface area contributed by atoms with Crippen molar-refractivity contribution in [2.75, 3.05) is 27.3 Å². The van der Waals surface area contributed by atoms with Crippen LogP contribution in [0, 0.1) is 0 Å². The molecule has 0 spiro atoms. The predicted octanol–water partition coefficient (Wildman–Crippen LogP) is 2.94. The molecule has 0 saturated heterocycles. The molecule has 0 bridgehead atoms. The fraction of sp³-hybridized carbons (Fsp3) is 0.476. The Balaban J connectivity index is 1.79. The minimum absolute atomic E-state index is 0.0990. The van der Waals surface area contributed by atoms with E-state index in [4.69, 9.17) is 4.74 Å². The molecule has 1 aliphatic carbocycles. The van der Waals surface area contributed by atoms with Crippen molar-refractivity contribution in [2.24, 2.45) is 0 Å². The molecular weight excluding hydrogens is 356 g/mol. The highest BCUT2D eigenvalue weighted by Crippen LogP contribution is 2.33. The number of nitrogens with one attached hydrogen (secondary N) is 1. The van der Waals surface area contributed by atoms with Crippen LogP contribution in [0.1, 0.15) is 54.2 Å². The summed E-state index contributed by atoms with van der Waals surface area (Å²) in [6.45, 7) is 0.989. The molecule has 148 valence electrons. The highest BCUT2D eigenvalue weighted by molar-refractivity contribution is 5.97. The van der Waals surface area contributed by atoms with E-state index in [0.29, 0.717) is 35.7 Å². The van der Waals surface area contributed by atoms with Gasteiger partial charge in [0.25, 0.3) is 11.5 Å². The van der Waals surface area contributed by atoms with Crippen molar-refractivity contribution in [3.05, 3.63) is 46.1 Å². The lowest BCUT2D eigenvalue weighted by molar-refractivity contribution is 0.0744. The maximum atomic E-state index is 12.7. The zero-order valence-electron chi connectivity index (χ0n) is 16.4. The SMILES string of the molecule is COCCN(C)C(=O)c1ccc2c(c1)[nH]c(=O)c1cnc(C3CCCCC3)n12. The fourth-order valence-electron chi connectivity index (χ4n) is 4.13. The highest BCUT2D eigenvalue weighted by atomic mass is 16.5. The van der Waals surface area contributed by atoms with Crippen molar-refractivity contribution < 1.29 is 9.53 Å². The molecule has 1 N–H and O–H groups in total. The summed E-state index contributed by atoms with van der Waals surface area (Å²) in [7, 11) is 3.36. The van der Waals surface area contributed by atoms with Gasteiger partial charge in [0.1, 0.15) is 11.3 Å². The number of likely N-dealkylation sites (N-methyl/N-ethyl adjacent to an activating group) is 1. The van der Waals surface area contributed by atoms with Crippen molar-refractivity contribution in [1.29, 1.82) is 0 Å². The van der Waals surface area contributed by atoms with Crippen molar-refractivity contribution >= 4 is 22.5 Å². The molecule has 1 aromatic carbocycles.